The van der Waals surface area contributed by atoms with Crippen LogP contribution in [-0.2, 0) is 5.41 Å². The van der Waals surface area contributed by atoms with Gasteiger partial charge in [0.05, 0.1) is 0 Å². The highest BCUT2D eigenvalue weighted by Crippen LogP contribution is 2.46. The van der Waals surface area contributed by atoms with Gasteiger partial charge >= 0.3 is 0 Å². The Morgan fingerprint density at radius 3 is 1.04 bits per heavy atom. The van der Waals surface area contributed by atoms with Crippen LogP contribution < -0.4 is 9.80 Å². The molecule has 0 heterocycles. The van der Waals surface area contributed by atoms with E-state index in [1.165, 1.54) is 49.4 Å². The molecule has 9 rings (SSSR count). The zero-order chi connectivity index (χ0) is 38.1. The molecule has 0 atom stereocenters. The Balaban J connectivity index is 1.17. The average Bonchev–Trinajstić information content (AvgIpc) is 3.25. The molecule has 0 aliphatic carbocycles. The minimum absolute atomic E-state index is 0.0127. The van der Waals surface area contributed by atoms with Gasteiger partial charge in [-0.1, -0.05) is 154 Å². The minimum atomic E-state index is 0.0127. The summed E-state index contributed by atoms with van der Waals surface area (Å²) in [4.78, 5) is 4.64. The van der Waals surface area contributed by atoms with Crippen LogP contribution in [0.15, 0.2) is 212 Å². The van der Waals surface area contributed by atoms with E-state index in [-0.39, 0.29) is 5.41 Å². The summed E-state index contributed by atoms with van der Waals surface area (Å²) in [6, 6.07) is 76.7. The van der Waals surface area contributed by atoms with E-state index in [2.05, 4.69) is 243 Å². The van der Waals surface area contributed by atoms with Crippen molar-refractivity contribution in [1.82, 2.24) is 0 Å². The van der Waals surface area contributed by atoms with Gasteiger partial charge in [-0.2, -0.15) is 0 Å². The molecular weight excluding hydrogens is 677 g/mol. The van der Waals surface area contributed by atoms with Gasteiger partial charge < -0.3 is 9.80 Å². The van der Waals surface area contributed by atoms with Crippen molar-refractivity contribution < 1.29 is 0 Å². The van der Waals surface area contributed by atoms with E-state index < -0.39 is 0 Å². The molecule has 0 aliphatic rings. The van der Waals surface area contributed by atoms with Crippen LogP contribution in [0.4, 0.5) is 34.1 Å². The summed E-state index contributed by atoms with van der Waals surface area (Å²) in [6.07, 6.45) is 0. The van der Waals surface area contributed by atoms with Crippen LogP contribution in [0.25, 0.3) is 43.8 Å². The molecule has 0 saturated carbocycles. The highest BCUT2D eigenvalue weighted by Gasteiger charge is 2.21. The fourth-order valence-corrected chi connectivity index (χ4v) is 8.03. The summed E-state index contributed by atoms with van der Waals surface area (Å²) in [5, 5.41) is 5.07. The first-order valence-corrected chi connectivity index (χ1v) is 19.4. The fourth-order valence-electron chi connectivity index (χ4n) is 8.03. The Hall–Kier alpha value is -6.90. The Morgan fingerprint density at radius 1 is 0.286 bits per heavy atom. The summed E-state index contributed by atoms with van der Waals surface area (Å²) >= 11 is 0. The number of fused-ring (bicyclic) bond motifs is 2. The van der Waals surface area contributed by atoms with Crippen LogP contribution in [0.5, 0.6) is 0 Å². The van der Waals surface area contributed by atoms with Gasteiger partial charge in [0.1, 0.15) is 0 Å². The molecule has 2 heteroatoms. The predicted octanol–water partition coefficient (Wildman–Crippen LogP) is 15.6. The Kier molecular flexibility index (Phi) is 9.17. The van der Waals surface area contributed by atoms with Gasteiger partial charge in [0.25, 0.3) is 0 Å². The number of rotatable bonds is 8. The van der Waals surface area contributed by atoms with Crippen LogP contribution in [-0.4, -0.2) is 0 Å². The van der Waals surface area contributed by atoms with Crippen LogP contribution in [0.1, 0.15) is 26.3 Å². The molecule has 0 N–H and O–H groups in total. The van der Waals surface area contributed by atoms with Gasteiger partial charge in [0.15, 0.2) is 0 Å². The third-order valence-corrected chi connectivity index (χ3v) is 10.8. The molecule has 0 aromatic heterocycles. The van der Waals surface area contributed by atoms with Crippen molar-refractivity contribution in [3.8, 4) is 22.3 Å². The highest BCUT2D eigenvalue weighted by atomic mass is 15.2. The molecule has 0 unspecified atom stereocenters. The first-order chi connectivity index (χ1) is 27.4. The zero-order valence-corrected chi connectivity index (χ0v) is 32.1. The molecule has 2 nitrogen and oxygen atoms in total. The summed E-state index contributed by atoms with van der Waals surface area (Å²) in [7, 11) is 0. The molecule has 0 fully saturated rings. The van der Waals surface area contributed by atoms with E-state index in [1.54, 1.807) is 0 Å². The maximum absolute atomic E-state index is 2.43. The minimum Gasteiger partial charge on any atom is -0.311 e. The van der Waals surface area contributed by atoms with Gasteiger partial charge in [-0.25, -0.2) is 0 Å². The van der Waals surface area contributed by atoms with E-state index in [9.17, 15) is 0 Å². The van der Waals surface area contributed by atoms with Gasteiger partial charge in [-0.15, -0.1) is 0 Å². The number of para-hydroxylation sites is 3. The van der Waals surface area contributed by atoms with Crippen molar-refractivity contribution in [2.75, 3.05) is 9.80 Å². The van der Waals surface area contributed by atoms with Crippen LogP contribution in [0.2, 0.25) is 0 Å². The molecule has 0 saturated heterocycles. The molecule has 0 amide bonds. The smallest absolute Gasteiger partial charge is 0.0463 e. The van der Waals surface area contributed by atoms with E-state index in [0.29, 0.717) is 0 Å². The van der Waals surface area contributed by atoms with E-state index in [1.807, 2.05) is 0 Å². The lowest BCUT2D eigenvalue weighted by Crippen LogP contribution is -2.12. The maximum atomic E-state index is 2.43. The van der Waals surface area contributed by atoms with Crippen molar-refractivity contribution in [3.05, 3.63) is 218 Å². The molecule has 9 aromatic carbocycles. The van der Waals surface area contributed by atoms with Crippen molar-refractivity contribution in [3.63, 3.8) is 0 Å². The van der Waals surface area contributed by atoms with Crippen molar-refractivity contribution in [1.29, 1.82) is 0 Å². The first kappa shape index (κ1) is 34.8. The van der Waals surface area contributed by atoms with Gasteiger partial charge in [0.2, 0.25) is 0 Å². The van der Waals surface area contributed by atoms with Gasteiger partial charge in [-0.05, 0) is 134 Å². The largest absolute Gasteiger partial charge is 0.311 e. The molecule has 0 bridgehead atoms. The Bertz CT molecular complexity index is 2690. The molecule has 0 spiro atoms. The first-order valence-electron chi connectivity index (χ1n) is 19.4. The number of hydrogen-bond acceptors (Lipinski definition) is 2. The van der Waals surface area contributed by atoms with E-state index in [0.717, 1.165) is 34.1 Å². The SMILES string of the molecule is CC(C)(C)c1ccc2c(-c3ccccc3)c3ccccc3c(-c3ccc(N(c4ccccc4)c4ccc(N(c5ccccc5)c5ccccc5)cc4)cc3)c2c1. The molecule has 0 radical (unpaired) electrons. The summed E-state index contributed by atoms with van der Waals surface area (Å²) in [6.45, 7) is 6.90. The number of hydrogen-bond donors (Lipinski definition) is 0. The monoisotopic (exact) mass is 720 g/mol. The second-order valence-corrected chi connectivity index (χ2v) is 15.4. The normalized spacial score (nSPS) is 11.5. The zero-order valence-electron chi connectivity index (χ0n) is 32.1. The molecule has 270 valence electrons. The Labute approximate surface area is 330 Å². The predicted molar refractivity (Wildman–Crippen MR) is 240 cm³/mol. The average molecular weight is 721 g/mol. The topological polar surface area (TPSA) is 6.48 Å². The van der Waals surface area contributed by atoms with Crippen molar-refractivity contribution >= 4 is 55.7 Å². The van der Waals surface area contributed by atoms with Gasteiger partial charge in [-0.3, -0.25) is 0 Å². The highest BCUT2D eigenvalue weighted by molar-refractivity contribution is 6.21. The molecular formula is C54H44N2. The van der Waals surface area contributed by atoms with Crippen molar-refractivity contribution in [2.24, 2.45) is 0 Å². The van der Waals surface area contributed by atoms with Crippen molar-refractivity contribution in [2.45, 2.75) is 26.2 Å². The molecule has 9 aromatic rings. The summed E-state index contributed by atoms with van der Waals surface area (Å²) in [5.41, 5.74) is 13.0. The fraction of sp³-hybridized carbons (Fsp3) is 0.0741. The van der Waals surface area contributed by atoms with E-state index >= 15 is 0 Å². The number of anilines is 6. The van der Waals surface area contributed by atoms with Crippen LogP contribution in [0, 0.1) is 0 Å². The van der Waals surface area contributed by atoms with Crippen LogP contribution >= 0.6 is 0 Å². The lowest BCUT2D eigenvalue weighted by molar-refractivity contribution is 0.591. The quantitative estimate of drug-likeness (QED) is 0.144. The second-order valence-electron chi connectivity index (χ2n) is 15.4. The maximum Gasteiger partial charge on any atom is 0.0463 e. The van der Waals surface area contributed by atoms with Crippen LogP contribution in [0.3, 0.4) is 0 Å². The number of benzene rings is 9. The number of nitrogens with zero attached hydrogens (tertiary/aromatic N) is 2. The third-order valence-electron chi connectivity index (χ3n) is 10.8. The third kappa shape index (κ3) is 6.61. The summed E-state index contributed by atoms with van der Waals surface area (Å²) < 4.78 is 0. The standard InChI is InChI=1S/C54H44N2/c1-54(2,3)41-30-37-50-51(38-41)53(49-27-17-16-26-48(49)52(50)39-18-8-4-9-19-39)40-28-31-45(32-29-40)56(44-24-14-7-15-25-44)47-35-33-46(34-36-47)55(42-20-10-5-11-21-42)43-22-12-6-13-23-43/h4-38H,1-3H3. The Morgan fingerprint density at radius 2 is 0.607 bits per heavy atom. The summed E-state index contributed by atoms with van der Waals surface area (Å²) in [5.74, 6) is 0. The molecule has 56 heavy (non-hydrogen) atoms. The lowest BCUT2D eigenvalue weighted by atomic mass is 9.81. The van der Waals surface area contributed by atoms with E-state index in [4.69, 9.17) is 0 Å². The lowest BCUT2D eigenvalue weighted by Gasteiger charge is -2.28. The molecule has 0 aliphatic heterocycles. The second kappa shape index (κ2) is 14.7. The van der Waals surface area contributed by atoms with Gasteiger partial charge in [0, 0.05) is 34.1 Å².